The highest BCUT2D eigenvalue weighted by Gasteiger charge is 2.27. The van der Waals surface area contributed by atoms with Gasteiger partial charge in [-0.25, -0.2) is 8.42 Å². The number of aryl methyl sites for hydroxylation is 1. The number of likely N-dealkylation sites (N-methyl/N-ethyl adjacent to an activating group) is 1. The summed E-state index contributed by atoms with van der Waals surface area (Å²) in [6.45, 7) is 2.40. The number of nitrogens with zero attached hydrogens (tertiary/aromatic N) is 2. The van der Waals surface area contributed by atoms with Gasteiger partial charge in [-0.2, -0.15) is 4.31 Å². The molecule has 0 atom stereocenters. The Labute approximate surface area is 188 Å². The first-order valence-electron chi connectivity index (χ1n) is 10.6. The standard InChI is InChI=1S/C24H27N3O4S/c1-26-15-17-27(18-16-26)32(29,30)22-11-7-20(8-12-22)25-24(28)14-10-21-9-13-23(31-21)19-5-3-2-4-6-19/h2-9,11-13H,10,14-18H2,1H3,(H,25,28). The van der Waals surface area contributed by atoms with Gasteiger partial charge in [-0.1, -0.05) is 30.3 Å². The molecule has 0 spiro atoms. The third-order valence-electron chi connectivity index (χ3n) is 5.56. The quantitative estimate of drug-likeness (QED) is 0.593. The van der Waals surface area contributed by atoms with Gasteiger partial charge in [0.15, 0.2) is 0 Å². The third kappa shape index (κ3) is 5.27. The van der Waals surface area contributed by atoms with E-state index in [0.717, 1.165) is 30.2 Å². The smallest absolute Gasteiger partial charge is 0.243 e. The molecule has 3 aromatic rings. The molecule has 1 aliphatic heterocycles. The van der Waals surface area contributed by atoms with E-state index >= 15 is 0 Å². The molecule has 1 aromatic heterocycles. The van der Waals surface area contributed by atoms with Crippen LogP contribution in [0.3, 0.4) is 0 Å². The SMILES string of the molecule is CN1CCN(S(=O)(=O)c2ccc(NC(=O)CCc3ccc(-c4ccccc4)o3)cc2)CC1. The van der Waals surface area contributed by atoms with Crippen LogP contribution in [0, 0.1) is 0 Å². The van der Waals surface area contributed by atoms with Crippen LogP contribution in [0.5, 0.6) is 0 Å². The molecule has 1 N–H and O–H groups in total. The van der Waals surface area contributed by atoms with Crippen molar-refractivity contribution in [2.75, 3.05) is 38.5 Å². The third-order valence-corrected chi connectivity index (χ3v) is 7.47. The first kappa shape index (κ1) is 22.3. The van der Waals surface area contributed by atoms with E-state index in [1.165, 1.54) is 4.31 Å². The molecule has 1 fully saturated rings. The van der Waals surface area contributed by atoms with Crippen LogP contribution in [0.1, 0.15) is 12.2 Å². The normalized spacial score (nSPS) is 15.5. The van der Waals surface area contributed by atoms with E-state index in [9.17, 15) is 13.2 Å². The van der Waals surface area contributed by atoms with Gasteiger partial charge in [-0.05, 0) is 43.4 Å². The van der Waals surface area contributed by atoms with Crippen molar-refractivity contribution in [3.8, 4) is 11.3 Å². The van der Waals surface area contributed by atoms with Crippen LogP contribution >= 0.6 is 0 Å². The Morgan fingerprint density at radius 1 is 0.938 bits per heavy atom. The topological polar surface area (TPSA) is 82.9 Å². The lowest BCUT2D eigenvalue weighted by atomic mass is 10.2. The second kappa shape index (κ2) is 9.68. The molecule has 1 amide bonds. The lowest BCUT2D eigenvalue weighted by molar-refractivity contribution is -0.116. The maximum Gasteiger partial charge on any atom is 0.243 e. The van der Waals surface area contributed by atoms with Crippen LogP contribution < -0.4 is 5.32 Å². The number of hydrogen-bond acceptors (Lipinski definition) is 5. The van der Waals surface area contributed by atoms with Crippen molar-refractivity contribution in [1.82, 2.24) is 9.21 Å². The molecule has 1 aliphatic rings. The second-order valence-corrected chi connectivity index (χ2v) is 9.85. The zero-order chi connectivity index (χ0) is 22.6. The summed E-state index contributed by atoms with van der Waals surface area (Å²) in [6, 6.07) is 19.9. The van der Waals surface area contributed by atoms with Crippen LogP contribution in [-0.2, 0) is 21.2 Å². The fraction of sp³-hybridized carbons (Fsp3) is 0.292. The molecule has 1 saturated heterocycles. The van der Waals surface area contributed by atoms with Gasteiger partial charge in [0.25, 0.3) is 0 Å². The lowest BCUT2D eigenvalue weighted by Crippen LogP contribution is -2.46. The number of carbonyl (C=O) groups is 1. The number of piperazine rings is 1. The first-order chi connectivity index (χ1) is 15.4. The summed E-state index contributed by atoms with van der Waals surface area (Å²) in [6.07, 6.45) is 0.748. The van der Waals surface area contributed by atoms with Crippen LogP contribution in [-0.4, -0.2) is 56.8 Å². The molecule has 168 valence electrons. The summed E-state index contributed by atoms with van der Waals surface area (Å²) < 4.78 is 32.9. The van der Waals surface area contributed by atoms with Gasteiger partial charge in [-0.15, -0.1) is 0 Å². The number of hydrogen-bond donors (Lipinski definition) is 1. The summed E-state index contributed by atoms with van der Waals surface area (Å²) in [4.78, 5) is 14.7. The van der Waals surface area contributed by atoms with Crippen molar-refractivity contribution in [2.45, 2.75) is 17.7 Å². The molecule has 2 heterocycles. The highest BCUT2D eigenvalue weighted by Crippen LogP contribution is 2.23. The van der Waals surface area contributed by atoms with Gasteiger partial charge in [0.1, 0.15) is 11.5 Å². The summed E-state index contributed by atoms with van der Waals surface area (Å²) in [5, 5.41) is 2.82. The van der Waals surface area contributed by atoms with Crippen molar-refractivity contribution >= 4 is 21.6 Å². The van der Waals surface area contributed by atoms with E-state index in [4.69, 9.17) is 4.42 Å². The minimum Gasteiger partial charge on any atom is -0.461 e. The van der Waals surface area contributed by atoms with Crippen LogP contribution in [0.4, 0.5) is 5.69 Å². The minimum absolute atomic E-state index is 0.155. The van der Waals surface area contributed by atoms with Gasteiger partial charge in [0, 0.05) is 50.3 Å². The monoisotopic (exact) mass is 453 g/mol. The molecule has 7 nitrogen and oxygen atoms in total. The maximum absolute atomic E-state index is 12.8. The van der Waals surface area contributed by atoms with E-state index in [2.05, 4.69) is 10.2 Å². The summed E-state index contributed by atoms with van der Waals surface area (Å²) in [5.74, 6) is 1.36. The number of anilines is 1. The molecule has 0 bridgehead atoms. The van der Waals surface area contributed by atoms with Crippen molar-refractivity contribution < 1.29 is 17.6 Å². The highest BCUT2D eigenvalue weighted by atomic mass is 32.2. The Morgan fingerprint density at radius 2 is 1.62 bits per heavy atom. The maximum atomic E-state index is 12.8. The van der Waals surface area contributed by atoms with Gasteiger partial charge in [0.2, 0.25) is 15.9 Å². The zero-order valence-corrected chi connectivity index (χ0v) is 18.8. The number of sulfonamides is 1. The van der Waals surface area contributed by atoms with Crippen molar-refractivity contribution in [3.05, 3.63) is 72.5 Å². The van der Waals surface area contributed by atoms with Gasteiger partial charge in [-0.3, -0.25) is 4.79 Å². The fourth-order valence-corrected chi connectivity index (χ4v) is 5.04. The molecule has 2 aromatic carbocycles. The predicted molar refractivity (Wildman–Crippen MR) is 124 cm³/mol. The summed E-state index contributed by atoms with van der Waals surface area (Å²) in [7, 11) is -1.53. The van der Waals surface area contributed by atoms with Crippen molar-refractivity contribution in [1.29, 1.82) is 0 Å². The largest absolute Gasteiger partial charge is 0.461 e. The Hall–Kier alpha value is -2.94. The fourth-order valence-electron chi connectivity index (χ4n) is 3.62. The number of rotatable bonds is 7. The van der Waals surface area contributed by atoms with E-state index in [1.54, 1.807) is 24.3 Å². The number of benzene rings is 2. The van der Waals surface area contributed by atoms with Crippen LogP contribution in [0.15, 0.2) is 76.0 Å². The number of furan rings is 1. The molecule has 32 heavy (non-hydrogen) atoms. The zero-order valence-electron chi connectivity index (χ0n) is 18.0. The minimum atomic E-state index is -3.52. The molecule has 8 heteroatoms. The number of carbonyl (C=O) groups excluding carboxylic acids is 1. The van der Waals surface area contributed by atoms with Gasteiger partial charge < -0.3 is 14.6 Å². The molecule has 4 rings (SSSR count). The summed E-state index contributed by atoms with van der Waals surface area (Å²) >= 11 is 0. The van der Waals surface area contributed by atoms with Crippen LogP contribution in [0.25, 0.3) is 11.3 Å². The van der Waals surface area contributed by atoms with Gasteiger partial charge in [0.05, 0.1) is 4.90 Å². The Morgan fingerprint density at radius 3 is 2.31 bits per heavy atom. The van der Waals surface area contributed by atoms with E-state index < -0.39 is 10.0 Å². The Bertz CT molecular complexity index is 1150. The molecular weight excluding hydrogens is 426 g/mol. The lowest BCUT2D eigenvalue weighted by Gasteiger charge is -2.31. The van der Waals surface area contributed by atoms with Crippen molar-refractivity contribution in [2.24, 2.45) is 0 Å². The highest BCUT2D eigenvalue weighted by molar-refractivity contribution is 7.89. The van der Waals surface area contributed by atoms with E-state index in [1.807, 2.05) is 49.5 Å². The van der Waals surface area contributed by atoms with Crippen molar-refractivity contribution in [3.63, 3.8) is 0 Å². The molecule has 0 aliphatic carbocycles. The first-order valence-corrected chi connectivity index (χ1v) is 12.1. The number of amides is 1. The molecule has 0 saturated carbocycles. The summed E-state index contributed by atoms with van der Waals surface area (Å²) in [5.41, 5.74) is 1.56. The van der Waals surface area contributed by atoms with E-state index in [-0.39, 0.29) is 17.2 Å². The van der Waals surface area contributed by atoms with Crippen LogP contribution in [0.2, 0.25) is 0 Å². The molecular formula is C24H27N3O4S. The average Bonchev–Trinajstić information content (AvgIpc) is 3.28. The predicted octanol–water partition coefficient (Wildman–Crippen LogP) is 3.45. The number of nitrogens with one attached hydrogen (secondary N) is 1. The molecule has 0 unspecified atom stereocenters. The second-order valence-electron chi connectivity index (χ2n) is 7.91. The Kier molecular flexibility index (Phi) is 6.74. The Balaban J connectivity index is 1.31. The average molecular weight is 454 g/mol. The molecule has 0 radical (unpaired) electrons. The van der Waals surface area contributed by atoms with Gasteiger partial charge >= 0.3 is 0 Å². The van der Waals surface area contributed by atoms with E-state index in [0.29, 0.717) is 25.2 Å².